The molecule has 0 aliphatic carbocycles. The highest BCUT2D eigenvalue weighted by molar-refractivity contribution is 5.94. The van der Waals surface area contributed by atoms with Crippen LogP contribution >= 0.6 is 0 Å². The Labute approximate surface area is 178 Å². The summed E-state index contributed by atoms with van der Waals surface area (Å²) >= 11 is 0. The topological polar surface area (TPSA) is 81.3 Å². The summed E-state index contributed by atoms with van der Waals surface area (Å²) in [4.78, 5) is 19.9. The second kappa shape index (κ2) is 10.5. The molecule has 0 saturated heterocycles. The number of carbonyl (C=O) groups excluding carboxylic acids is 1. The predicted octanol–water partition coefficient (Wildman–Crippen LogP) is 3.52. The molecule has 0 radical (unpaired) electrons. The average Bonchev–Trinajstić information content (AvgIpc) is 3.14. The van der Waals surface area contributed by atoms with E-state index in [0.717, 1.165) is 31.0 Å². The first-order valence-electron chi connectivity index (χ1n) is 10.6. The normalized spacial score (nSPS) is 11.5. The molecule has 1 aromatic heterocycles. The number of aryl methyl sites for hydroxylation is 1. The van der Waals surface area contributed by atoms with Crippen molar-refractivity contribution in [2.45, 2.75) is 33.7 Å². The van der Waals surface area contributed by atoms with E-state index in [1.807, 2.05) is 31.2 Å². The van der Waals surface area contributed by atoms with Gasteiger partial charge in [0.15, 0.2) is 5.96 Å². The quantitative estimate of drug-likeness (QED) is 0.342. The second-order valence-corrected chi connectivity index (χ2v) is 7.29. The van der Waals surface area contributed by atoms with Gasteiger partial charge in [0, 0.05) is 42.3 Å². The molecule has 2 aromatic carbocycles. The van der Waals surface area contributed by atoms with E-state index in [9.17, 15) is 4.79 Å². The third-order valence-corrected chi connectivity index (χ3v) is 4.93. The predicted molar refractivity (Wildman–Crippen MR) is 124 cm³/mol. The molecule has 1 heterocycles. The highest BCUT2D eigenvalue weighted by atomic mass is 16.1. The molecule has 0 bridgehead atoms. The fraction of sp³-hybridized carbons (Fsp3) is 0.333. The number of benzene rings is 2. The van der Waals surface area contributed by atoms with Crippen LogP contribution < -0.4 is 16.0 Å². The van der Waals surface area contributed by atoms with E-state index >= 15 is 0 Å². The van der Waals surface area contributed by atoms with Crippen LogP contribution in [-0.4, -0.2) is 36.5 Å². The number of hydrogen-bond acceptors (Lipinski definition) is 2. The lowest BCUT2D eigenvalue weighted by Crippen LogP contribution is -2.38. The van der Waals surface area contributed by atoms with Crippen molar-refractivity contribution >= 4 is 22.8 Å². The number of fused-ring (bicyclic) bond motifs is 1. The molecule has 3 aromatic rings. The molecule has 0 atom stereocenters. The van der Waals surface area contributed by atoms with Gasteiger partial charge in [0.2, 0.25) is 0 Å². The molecular formula is C24H31N5O. The molecule has 6 nitrogen and oxygen atoms in total. The number of aromatic amines is 1. The fourth-order valence-corrected chi connectivity index (χ4v) is 3.36. The van der Waals surface area contributed by atoms with Crippen LogP contribution in [0.25, 0.3) is 10.9 Å². The minimum Gasteiger partial charge on any atom is -0.361 e. The number of nitrogens with one attached hydrogen (secondary N) is 4. The van der Waals surface area contributed by atoms with Crippen molar-refractivity contribution in [2.24, 2.45) is 4.99 Å². The highest BCUT2D eigenvalue weighted by Gasteiger charge is 2.06. The van der Waals surface area contributed by atoms with Gasteiger partial charge < -0.3 is 20.9 Å². The molecule has 0 spiro atoms. The minimum absolute atomic E-state index is 0.0463. The number of guanidine groups is 1. The third kappa shape index (κ3) is 5.63. The van der Waals surface area contributed by atoms with Crippen LogP contribution in [0.4, 0.5) is 0 Å². The van der Waals surface area contributed by atoms with Gasteiger partial charge in [-0.3, -0.25) is 4.79 Å². The molecule has 30 heavy (non-hydrogen) atoms. The molecule has 0 aliphatic heterocycles. The Morgan fingerprint density at radius 1 is 1.00 bits per heavy atom. The van der Waals surface area contributed by atoms with E-state index in [0.29, 0.717) is 18.7 Å². The minimum atomic E-state index is -0.0463. The summed E-state index contributed by atoms with van der Waals surface area (Å²) in [6, 6.07) is 14.1. The van der Waals surface area contributed by atoms with Crippen molar-refractivity contribution in [3.05, 3.63) is 70.9 Å². The first-order valence-corrected chi connectivity index (χ1v) is 10.6. The van der Waals surface area contributed by atoms with Gasteiger partial charge in [-0.1, -0.05) is 24.3 Å². The summed E-state index contributed by atoms with van der Waals surface area (Å²) in [5, 5.41) is 10.8. The van der Waals surface area contributed by atoms with E-state index in [-0.39, 0.29) is 5.91 Å². The second-order valence-electron chi connectivity index (χ2n) is 7.29. The lowest BCUT2D eigenvalue weighted by molar-refractivity contribution is 0.0956. The highest BCUT2D eigenvalue weighted by Crippen LogP contribution is 2.19. The summed E-state index contributed by atoms with van der Waals surface area (Å²) < 4.78 is 0. The number of carbonyl (C=O) groups is 1. The van der Waals surface area contributed by atoms with Crippen LogP contribution in [0, 0.1) is 6.92 Å². The van der Waals surface area contributed by atoms with Crippen molar-refractivity contribution in [1.82, 2.24) is 20.9 Å². The molecule has 0 saturated carbocycles. The molecule has 0 fully saturated rings. The molecule has 1 amide bonds. The third-order valence-electron chi connectivity index (χ3n) is 4.93. The Balaban J connectivity index is 1.57. The van der Waals surface area contributed by atoms with Crippen LogP contribution in [0.15, 0.2) is 53.7 Å². The summed E-state index contributed by atoms with van der Waals surface area (Å²) in [6.07, 6.45) is 3.00. The van der Waals surface area contributed by atoms with Crippen molar-refractivity contribution < 1.29 is 4.79 Å². The van der Waals surface area contributed by atoms with Crippen LogP contribution in [0.2, 0.25) is 0 Å². The number of hydrogen-bond donors (Lipinski definition) is 4. The van der Waals surface area contributed by atoms with Crippen molar-refractivity contribution in [2.75, 3.05) is 19.6 Å². The van der Waals surface area contributed by atoms with E-state index in [4.69, 9.17) is 0 Å². The maximum atomic E-state index is 11.9. The van der Waals surface area contributed by atoms with Gasteiger partial charge in [-0.25, -0.2) is 4.99 Å². The van der Waals surface area contributed by atoms with E-state index in [1.165, 1.54) is 22.0 Å². The standard InChI is InChI=1S/C24H31N5O/c1-4-25-23(30)19-9-7-18(8-10-19)15-29-24(26-5-2)27-13-12-20-16-28-22-14-17(3)6-11-21(20)22/h6-11,14,16,28H,4-5,12-13,15H2,1-3H3,(H,25,30)(H2,26,27,29). The zero-order valence-corrected chi connectivity index (χ0v) is 18.0. The van der Waals surface area contributed by atoms with Crippen molar-refractivity contribution in [1.29, 1.82) is 0 Å². The van der Waals surface area contributed by atoms with Crippen LogP contribution in [0.3, 0.4) is 0 Å². The van der Waals surface area contributed by atoms with E-state index in [1.54, 1.807) is 0 Å². The van der Waals surface area contributed by atoms with Crippen molar-refractivity contribution in [3.63, 3.8) is 0 Å². The van der Waals surface area contributed by atoms with Crippen LogP contribution in [-0.2, 0) is 13.0 Å². The Morgan fingerprint density at radius 3 is 2.50 bits per heavy atom. The first-order chi connectivity index (χ1) is 14.6. The number of aromatic nitrogens is 1. The zero-order chi connectivity index (χ0) is 21.3. The van der Waals surface area contributed by atoms with Gasteiger partial charge in [-0.2, -0.15) is 0 Å². The molecule has 158 valence electrons. The number of rotatable bonds is 8. The van der Waals surface area contributed by atoms with Crippen molar-refractivity contribution in [3.8, 4) is 0 Å². The van der Waals surface area contributed by atoms with Crippen LogP contribution in [0.5, 0.6) is 0 Å². The summed E-state index contributed by atoms with van der Waals surface area (Å²) in [7, 11) is 0. The molecule has 0 unspecified atom stereocenters. The fourth-order valence-electron chi connectivity index (χ4n) is 3.36. The average molecular weight is 406 g/mol. The molecular weight excluding hydrogens is 374 g/mol. The Bertz CT molecular complexity index is 1000. The van der Waals surface area contributed by atoms with E-state index < -0.39 is 0 Å². The van der Waals surface area contributed by atoms with Gasteiger partial charge in [-0.15, -0.1) is 0 Å². The molecule has 0 aliphatic rings. The van der Waals surface area contributed by atoms with Gasteiger partial charge in [0.1, 0.15) is 0 Å². The van der Waals surface area contributed by atoms with Gasteiger partial charge >= 0.3 is 0 Å². The maximum absolute atomic E-state index is 11.9. The number of amides is 1. The summed E-state index contributed by atoms with van der Waals surface area (Å²) in [6.45, 7) is 8.85. The van der Waals surface area contributed by atoms with Gasteiger partial charge in [-0.05, 0) is 62.1 Å². The maximum Gasteiger partial charge on any atom is 0.251 e. The largest absolute Gasteiger partial charge is 0.361 e. The van der Waals surface area contributed by atoms with Crippen LogP contribution in [0.1, 0.15) is 40.9 Å². The molecule has 3 rings (SSSR count). The Morgan fingerprint density at radius 2 is 1.77 bits per heavy atom. The Kier molecular flexibility index (Phi) is 7.49. The summed E-state index contributed by atoms with van der Waals surface area (Å²) in [5.74, 6) is 0.746. The SMILES string of the molecule is CCNC(=O)c1ccc(CN=C(NCC)NCCc2c[nH]c3cc(C)ccc23)cc1. The summed E-state index contributed by atoms with van der Waals surface area (Å²) in [5.41, 5.74) is 5.47. The lowest BCUT2D eigenvalue weighted by atomic mass is 10.1. The zero-order valence-electron chi connectivity index (χ0n) is 18.0. The lowest BCUT2D eigenvalue weighted by Gasteiger charge is -2.11. The number of aliphatic imine (C=N–C) groups is 1. The monoisotopic (exact) mass is 405 g/mol. The molecule has 4 N–H and O–H groups in total. The van der Waals surface area contributed by atoms with Gasteiger partial charge in [0.25, 0.3) is 5.91 Å². The molecule has 6 heteroatoms. The van der Waals surface area contributed by atoms with Gasteiger partial charge in [0.05, 0.1) is 6.54 Å². The Hall–Kier alpha value is -3.28. The number of nitrogens with zero attached hydrogens (tertiary/aromatic N) is 1. The smallest absolute Gasteiger partial charge is 0.251 e. The number of H-pyrrole nitrogens is 1. The van der Waals surface area contributed by atoms with E-state index in [2.05, 4.69) is 64.2 Å². The first kappa shape index (κ1) is 21.4.